The zero-order valence-electron chi connectivity index (χ0n) is 13.7. The molecule has 1 saturated carbocycles. The fraction of sp³-hybridized carbons (Fsp3) is 0.550. The van der Waals surface area contributed by atoms with E-state index in [1.807, 2.05) is 6.08 Å². The molecule has 1 aromatic rings. The largest absolute Gasteiger partial charge is 0.374 e. The van der Waals surface area contributed by atoms with Crippen molar-refractivity contribution in [3.63, 3.8) is 0 Å². The summed E-state index contributed by atoms with van der Waals surface area (Å²) >= 11 is 0. The summed E-state index contributed by atoms with van der Waals surface area (Å²) in [7, 11) is 0. The number of carbonyl (C=O) groups excluding carboxylic acids is 1. The summed E-state index contributed by atoms with van der Waals surface area (Å²) in [4.78, 5) is 10.2. The Morgan fingerprint density at radius 1 is 1.09 bits per heavy atom. The number of ether oxygens (including phenoxy) is 1. The second-order valence-electron chi connectivity index (χ2n) is 6.27. The first-order valence-corrected chi connectivity index (χ1v) is 8.61. The zero-order chi connectivity index (χ0) is 15.6. The van der Waals surface area contributed by atoms with Gasteiger partial charge in [0.25, 0.3) is 0 Å². The maximum Gasteiger partial charge on any atom is 0.142 e. The van der Waals surface area contributed by atoms with Crippen LogP contribution in [0.2, 0.25) is 0 Å². The lowest BCUT2D eigenvalue weighted by Gasteiger charge is -2.28. The molecule has 0 aromatic heterocycles. The molecule has 1 aliphatic rings. The van der Waals surface area contributed by atoms with Crippen LogP contribution in [0.4, 0.5) is 0 Å². The number of hydrogen-bond donors (Lipinski definition) is 0. The van der Waals surface area contributed by atoms with Gasteiger partial charge in [-0.05, 0) is 68.1 Å². The van der Waals surface area contributed by atoms with E-state index in [1.165, 1.54) is 43.2 Å². The Kier molecular flexibility index (Phi) is 7.38. The van der Waals surface area contributed by atoms with Gasteiger partial charge in [-0.3, -0.25) is 4.79 Å². The molecule has 0 spiro atoms. The average molecular weight is 300 g/mol. The van der Waals surface area contributed by atoms with E-state index in [4.69, 9.17) is 4.74 Å². The van der Waals surface area contributed by atoms with Gasteiger partial charge in [-0.15, -0.1) is 0 Å². The van der Waals surface area contributed by atoms with Gasteiger partial charge in [0, 0.05) is 0 Å². The Labute approximate surface area is 134 Å². The number of benzene rings is 1. The van der Waals surface area contributed by atoms with Gasteiger partial charge in [-0.1, -0.05) is 37.3 Å². The molecule has 0 bridgehead atoms. The van der Waals surface area contributed by atoms with Crippen molar-refractivity contribution in [1.82, 2.24) is 0 Å². The van der Waals surface area contributed by atoms with Crippen LogP contribution in [0.25, 0.3) is 0 Å². The SMILES string of the molecule is CCc1ccc(CO[C@H]2CC[C@H](CC/C=C/C=O)CC2)cc1. The van der Waals surface area contributed by atoms with Crippen LogP contribution in [0.5, 0.6) is 0 Å². The van der Waals surface area contributed by atoms with Gasteiger partial charge in [0.1, 0.15) is 6.29 Å². The zero-order valence-corrected chi connectivity index (χ0v) is 13.7. The molecule has 0 amide bonds. The Balaban J connectivity index is 1.64. The first kappa shape index (κ1) is 17.0. The summed E-state index contributed by atoms with van der Waals surface area (Å²) in [5.41, 5.74) is 2.66. The minimum Gasteiger partial charge on any atom is -0.374 e. The summed E-state index contributed by atoms with van der Waals surface area (Å²) in [5, 5.41) is 0. The second kappa shape index (κ2) is 9.58. The van der Waals surface area contributed by atoms with Gasteiger partial charge < -0.3 is 4.74 Å². The van der Waals surface area contributed by atoms with Gasteiger partial charge in [0.15, 0.2) is 0 Å². The van der Waals surface area contributed by atoms with E-state index in [0.717, 1.165) is 31.7 Å². The van der Waals surface area contributed by atoms with Crippen LogP contribution in [-0.4, -0.2) is 12.4 Å². The molecule has 0 N–H and O–H groups in total. The molecule has 1 aliphatic carbocycles. The van der Waals surface area contributed by atoms with E-state index >= 15 is 0 Å². The second-order valence-corrected chi connectivity index (χ2v) is 6.27. The molecule has 1 aromatic carbocycles. The Hall–Kier alpha value is -1.41. The van der Waals surface area contributed by atoms with Crippen molar-refractivity contribution in [2.45, 2.75) is 64.6 Å². The van der Waals surface area contributed by atoms with Crippen molar-refractivity contribution in [2.24, 2.45) is 5.92 Å². The Morgan fingerprint density at radius 2 is 1.77 bits per heavy atom. The fourth-order valence-electron chi connectivity index (χ4n) is 3.16. The summed E-state index contributed by atoms with van der Waals surface area (Å²) in [6.07, 6.45) is 13.1. The van der Waals surface area contributed by atoms with Crippen molar-refractivity contribution < 1.29 is 9.53 Å². The third kappa shape index (κ3) is 5.76. The molecular formula is C20H28O2. The average Bonchev–Trinajstić information content (AvgIpc) is 2.58. The number of allylic oxidation sites excluding steroid dienone is 2. The number of hydrogen-bond acceptors (Lipinski definition) is 2. The molecule has 2 nitrogen and oxygen atoms in total. The normalized spacial score (nSPS) is 22.0. The predicted molar refractivity (Wildman–Crippen MR) is 90.8 cm³/mol. The molecule has 0 aliphatic heterocycles. The molecular weight excluding hydrogens is 272 g/mol. The van der Waals surface area contributed by atoms with E-state index in [2.05, 4.69) is 31.2 Å². The van der Waals surface area contributed by atoms with Crippen LogP contribution in [0, 0.1) is 5.92 Å². The maximum atomic E-state index is 10.2. The van der Waals surface area contributed by atoms with Gasteiger partial charge in [0.2, 0.25) is 0 Å². The van der Waals surface area contributed by atoms with Crippen molar-refractivity contribution in [2.75, 3.05) is 0 Å². The van der Waals surface area contributed by atoms with E-state index in [9.17, 15) is 4.79 Å². The van der Waals surface area contributed by atoms with Crippen LogP contribution in [0.15, 0.2) is 36.4 Å². The van der Waals surface area contributed by atoms with E-state index in [1.54, 1.807) is 6.08 Å². The monoisotopic (exact) mass is 300 g/mol. The minimum atomic E-state index is 0.424. The van der Waals surface area contributed by atoms with Gasteiger partial charge >= 0.3 is 0 Å². The number of aldehydes is 1. The van der Waals surface area contributed by atoms with E-state index in [0.29, 0.717) is 6.10 Å². The third-order valence-corrected chi connectivity index (χ3v) is 4.67. The smallest absolute Gasteiger partial charge is 0.142 e. The molecule has 22 heavy (non-hydrogen) atoms. The molecule has 0 saturated heterocycles. The molecule has 2 rings (SSSR count). The minimum absolute atomic E-state index is 0.424. The van der Waals surface area contributed by atoms with Crippen LogP contribution >= 0.6 is 0 Å². The molecule has 0 atom stereocenters. The van der Waals surface area contributed by atoms with Crippen LogP contribution in [0.3, 0.4) is 0 Å². The van der Waals surface area contributed by atoms with Gasteiger partial charge in [0.05, 0.1) is 12.7 Å². The summed E-state index contributed by atoms with van der Waals surface area (Å²) in [6, 6.07) is 8.76. The van der Waals surface area contributed by atoms with Crippen molar-refractivity contribution in [3.05, 3.63) is 47.5 Å². The van der Waals surface area contributed by atoms with Crippen molar-refractivity contribution >= 4 is 6.29 Å². The van der Waals surface area contributed by atoms with E-state index in [-0.39, 0.29) is 0 Å². The van der Waals surface area contributed by atoms with Crippen molar-refractivity contribution in [3.8, 4) is 0 Å². The summed E-state index contributed by atoms with van der Waals surface area (Å²) in [6.45, 7) is 2.92. The predicted octanol–water partition coefficient (Wildman–Crippen LogP) is 4.86. The first-order valence-electron chi connectivity index (χ1n) is 8.61. The fourth-order valence-corrected chi connectivity index (χ4v) is 3.16. The molecule has 2 heteroatoms. The van der Waals surface area contributed by atoms with Gasteiger partial charge in [-0.25, -0.2) is 0 Å². The topological polar surface area (TPSA) is 26.3 Å². The summed E-state index contributed by atoms with van der Waals surface area (Å²) < 4.78 is 6.07. The van der Waals surface area contributed by atoms with E-state index < -0.39 is 0 Å². The molecule has 0 unspecified atom stereocenters. The lowest BCUT2D eigenvalue weighted by Crippen LogP contribution is -2.21. The highest BCUT2D eigenvalue weighted by molar-refractivity contribution is 5.64. The van der Waals surface area contributed by atoms with Crippen molar-refractivity contribution in [1.29, 1.82) is 0 Å². The molecule has 0 heterocycles. The lowest BCUT2D eigenvalue weighted by atomic mass is 9.84. The highest BCUT2D eigenvalue weighted by Gasteiger charge is 2.21. The standard InChI is InChI=1S/C20H28O2/c1-2-17-7-9-19(10-8-17)16-22-20-13-11-18(12-14-20)6-4-3-5-15-21/h3,5,7-10,15,18,20H,2,4,6,11-14,16H2,1H3/b5-3+/t18-,20-. The lowest BCUT2D eigenvalue weighted by molar-refractivity contribution is -0.104. The Bertz CT molecular complexity index is 453. The summed E-state index contributed by atoms with van der Waals surface area (Å²) in [5.74, 6) is 0.806. The first-order chi connectivity index (χ1) is 10.8. The molecule has 120 valence electrons. The Morgan fingerprint density at radius 3 is 2.41 bits per heavy atom. The number of carbonyl (C=O) groups is 1. The highest BCUT2D eigenvalue weighted by atomic mass is 16.5. The molecule has 0 radical (unpaired) electrons. The molecule has 1 fully saturated rings. The quantitative estimate of drug-likeness (QED) is 0.506. The van der Waals surface area contributed by atoms with Crippen LogP contribution in [0.1, 0.15) is 56.6 Å². The third-order valence-electron chi connectivity index (χ3n) is 4.67. The highest BCUT2D eigenvalue weighted by Crippen LogP contribution is 2.30. The maximum absolute atomic E-state index is 10.2. The number of aryl methyl sites for hydroxylation is 1. The van der Waals surface area contributed by atoms with Gasteiger partial charge in [-0.2, -0.15) is 0 Å². The van der Waals surface area contributed by atoms with Crippen LogP contribution < -0.4 is 0 Å². The van der Waals surface area contributed by atoms with Crippen LogP contribution in [-0.2, 0) is 22.6 Å². The number of rotatable bonds is 8.